The zero-order valence-corrected chi connectivity index (χ0v) is 11.2. The summed E-state index contributed by atoms with van der Waals surface area (Å²) in [6.45, 7) is 3.11. The number of hydrogen-bond acceptors (Lipinski definition) is 4. The van der Waals surface area contributed by atoms with Crippen molar-refractivity contribution in [1.82, 2.24) is 4.98 Å². The van der Waals surface area contributed by atoms with Crippen molar-refractivity contribution < 1.29 is 14.6 Å². The van der Waals surface area contributed by atoms with Crippen LogP contribution in [0.5, 0.6) is 5.88 Å². The highest BCUT2D eigenvalue weighted by atomic mass is 16.5. The van der Waals surface area contributed by atoms with Crippen LogP contribution < -0.4 is 10.1 Å². The number of ether oxygens (including phenoxy) is 1. The average molecular weight is 272 g/mol. The number of benzene rings is 1. The second-order valence-corrected chi connectivity index (χ2v) is 4.17. The van der Waals surface area contributed by atoms with Gasteiger partial charge in [-0.25, -0.2) is 9.78 Å². The van der Waals surface area contributed by atoms with Gasteiger partial charge in [0.05, 0.1) is 24.1 Å². The molecular formula is C15H16N2O3. The largest absolute Gasteiger partial charge is 0.478 e. The lowest BCUT2D eigenvalue weighted by Crippen LogP contribution is -2.02. The van der Waals surface area contributed by atoms with Crippen LogP contribution in [0.25, 0.3) is 0 Å². The Labute approximate surface area is 117 Å². The molecule has 0 saturated carbocycles. The molecule has 0 spiro atoms. The second-order valence-electron chi connectivity index (χ2n) is 4.17. The number of hydrogen-bond donors (Lipinski definition) is 2. The molecular weight excluding hydrogens is 256 g/mol. The second kappa shape index (κ2) is 6.56. The van der Waals surface area contributed by atoms with E-state index in [0.717, 1.165) is 11.3 Å². The van der Waals surface area contributed by atoms with Crippen LogP contribution in [0.2, 0.25) is 0 Å². The number of carbonyl (C=O) groups is 1. The molecule has 2 rings (SSSR count). The molecule has 1 heterocycles. The number of pyridine rings is 1. The van der Waals surface area contributed by atoms with Crippen molar-refractivity contribution in [1.29, 1.82) is 0 Å². The van der Waals surface area contributed by atoms with Gasteiger partial charge in [-0.15, -0.1) is 0 Å². The minimum absolute atomic E-state index is 0.288. The molecule has 1 aromatic carbocycles. The highest BCUT2D eigenvalue weighted by molar-refractivity contribution is 5.87. The number of carboxylic acids is 1. The SMILES string of the molecule is CCOc1ccc(NCc2ccc(C(=O)O)cc2)cn1. The Hall–Kier alpha value is -2.56. The Bertz CT molecular complexity index is 565. The maximum atomic E-state index is 10.7. The quantitative estimate of drug-likeness (QED) is 0.846. The van der Waals surface area contributed by atoms with Crippen LogP contribution in [-0.2, 0) is 6.54 Å². The molecule has 0 amide bonds. The van der Waals surface area contributed by atoms with Crippen molar-refractivity contribution in [2.75, 3.05) is 11.9 Å². The number of nitrogens with zero attached hydrogens (tertiary/aromatic N) is 1. The zero-order chi connectivity index (χ0) is 14.4. The van der Waals surface area contributed by atoms with Gasteiger partial charge < -0.3 is 15.2 Å². The van der Waals surface area contributed by atoms with Crippen LogP contribution in [0, 0.1) is 0 Å². The van der Waals surface area contributed by atoms with Gasteiger partial charge in [0.2, 0.25) is 5.88 Å². The van der Waals surface area contributed by atoms with Gasteiger partial charge in [-0.1, -0.05) is 12.1 Å². The highest BCUT2D eigenvalue weighted by Crippen LogP contribution is 2.13. The molecule has 104 valence electrons. The third kappa shape index (κ3) is 3.71. The molecule has 5 heteroatoms. The molecule has 0 bridgehead atoms. The van der Waals surface area contributed by atoms with Crippen LogP contribution >= 0.6 is 0 Å². The molecule has 0 aliphatic carbocycles. The summed E-state index contributed by atoms with van der Waals surface area (Å²) in [6.07, 6.45) is 1.70. The van der Waals surface area contributed by atoms with Gasteiger partial charge in [0.25, 0.3) is 0 Å². The minimum atomic E-state index is -0.916. The first kappa shape index (κ1) is 13.9. The smallest absolute Gasteiger partial charge is 0.335 e. The number of aromatic nitrogens is 1. The molecule has 2 N–H and O–H groups in total. The van der Waals surface area contributed by atoms with Crippen LogP contribution in [0.1, 0.15) is 22.8 Å². The first-order chi connectivity index (χ1) is 9.69. The van der Waals surface area contributed by atoms with E-state index >= 15 is 0 Å². The van der Waals surface area contributed by atoms with Crippen molar-refractivity contribution >= 4 is 11.7 Å². The fourth-order valence-corrected chi connectivity index (χ4v) is 1.69. The standard InChI is InChI=1S/C15H16N2O3/c1-2-20-14-8-7-13(10-17-14)16-9-11-3-5-12(6-4-11)15(18)19/h3-8,10,16H,2,9H2,1H3,(H,18,19). The van der Waals surface area contributed by atoms with E-state index in [-0.39, 0.29) is 5.56 Å². The Morgan fingerprint density at radius 1 is 1.25 bits per heavy atom. The first-order valence-electron chi connectivity index (χ1n) is 6.34. The Morgan fingerprint density at radius 3 is 2.55 bits per heavy atom. The Morgan fingerprint density at radius 2 is 2.00 bits per heavy atom. The van der Waals surface area contributed by atoms with E-state index in [4.69, 9.17) is 9.84 Å². The van der Waals surface area contributed by atoms with Gasteiger partial charge in [-0.3, -0.25) is 0 Å². The first-order valence-corrected chi connectivity index (χ1v) is 6.34. The molecule has 0 unspecified atom stereocenters. The van der Waals surface area contributed by atoms with E-state index in [1.54, 1.807) is 36.5 Å². The Kier molecular flexibility index (Phi) is 4.55. The average Bonchev–Trinajstić information content (AvgIpc) is 2.47. The molecule has 1 aromatic heterocycles. The number of carboxylic acid groups (broad SMARTS) is 1. The monoisotopic (exact) mass is 272 g/mol. The molecule has 0 aliphatic rings. The van der Waals surface area contributed by atoms with Crippen molar-refractivity contribution in [3.8, 4) is 5.88 Å². The highest BCUT2D eigenvalue weighted by Gasteiger charge is 2.02. The maximum absolute atomic E-state index is 10.7. The van der Waals surface area contributed by atoms with Gasteiger partial charge >= 0.3 is 5.97 Å². The zero-order valence-electron chi connectivity index (χ0n) is 11.2. The summed E-state index contributed by atoms with van der Waals surface area (Å²) < 4.78 is 5.26. The third-order valence-electron chi connectivity index (χ3n) is 2.73. The van der Waals surface area contributed by atoms with Gasteiger partial charge in [0, 0.05) is 12.6 Å². The van der Waals surface area contributed by atoms with E-state index in [9.17, 15) is 4.79 Å². The molecule has 0 fully saturated rings. The predicted molar refractivity (Wildman–Crippen MR) is 76.1 cm³/mol. The molecule has 0 radical (unpaired) electrons. The molecule has 20 heavy (non-hydrogen) atoms. The summed E-state index contributed by atoms with van der Waals surface area (Å²) in [5.41, 5.74) is 2.18. The van der Waals surface area contributed by atoms with Crippen LogP contribution in [0.3, 0.4) is 0 Å². The number of nitrogens with one attached hydrogen (secondary N) is 1. The molecule has 0 aliphatic heterocycles. The van der Waals surface area contributed by atoms with Crippen molar-refractivity contribution in [3.63, 3.8) is 0 Å². The third-order valence-corrected chi connectivity index (χ3v) is 2.73. The van der Waals surface area contributed by atoms with E-state index in [2.05, 4.69) is 10.3 Å². The topological polar surface area (TPSA) is 71.5 Å². The summed E-state index contributed by atoms with van der Waals surface area (Å²) in [5.74, 6) is -0.316. The maximum Gasteiger partial charge on any atom is 0.335 e. The lowest BCUT2D eigenvalue weighted by molar-refractivity contribution is 0.0697. The van der Waals surface area contributed by atoms with Crippen LogP contribution in [-0.4, -0.2) is 22.7 Å². The predicted octanol–water partition coefficient (Wildman–Crippen LogP) is 2.79. The summed E-state index contributed by atoms with van der Waals surface area (Å²) in [7, 11) is 0. The van der Waals surface area contributed by atoms with Crippen LogP contribution in [0.4, 0.5) is 5.69 Å². The van der Waals surface area contributed by atoms with Crippen molar-refractivity contribution in [3.05, 3.63) is 53.7 Å². The summed E-state index contributed by atoms with van der Waals surface area (Å²) in [6, 6.07) is 10.5. The van der Waals surface area contributed by atoms with E-state index < -0.39 is 5.97 Å². The number of anilines is 1. The van der Waals surface area contributed by atoms with E-state index in [0.29, 0.717) is 19.0 Å². The lowest BCUT2D eigenvalue weighted by Gasteiger charge is -2.07. The van der Waals surface area contributed by atoms with Crippen LogP contribution in [0.15, 0.2) is 42.6 Å². The van der Waals surface area contributed by atoms with Gasteiger partial charge in [-0.05, 0) is 30.7 Å². The molecule has 0 saturated heterocycles. The van der Waals surface area contributed by atoms with Crippen molar-refractivity contribution in [2.24, 2.45) is 0 Å². The number of rotatable bonds is 6. The van der Waals surface area contributed by atoms with Gasteiger partial charge in [0.15, 0.2) is 0 Å². The minimum Gasteiger partial charge on any atom is -0.478 e. The van der Waals surface area contributed by atoms with Gasteiger partial charge in [0.1, 0.15) is 0 Å². The molecule has 5 nitrogen and oxygen atoms in total. The summed E-state index contributed by atoms with van der Waals surface area (Å²) in [4.78, 5) is 14.9. The summed E-state index contributed by atoms with van der Waals surface area (Å²) in [5, 5.41) is 12.0. The molecule has 2 aromatic rings. The molecule has 0 atom stereocenters. The number of aromatic carboxylic acids is 1. The lowest BCUT2D eigenvalue weighted by atomic mass is 10.1. The summed E-state index contributed by atoms with van der Waals surface area (Å²) >= 11 is 0. The normalized spacial score (nSPS) is 10.1. The fourth-order valence-electron chi connectivity index (χ4n) is 1.69. The fraction of sp³-hybridized carbons (Fsp3) is 0.200. The Balaban J connectivity index is 1.92. The van der Waals surface area contributed by atoms with E-state index in [1.807, 2.05) is 13.0 Å². The van der Waals surface area contributed by atoms with Gasteiger partial charge in [-0.2, -0.15) is 0 Å². The van der Waals surface area contributed by atoms with E-state index in [1.165, 1.54) is 0 Å². The van der Waals surface area contributed by atoms with Crippen molar-refractivity contribution in [2.45, 2.75) is 13.5 Å².